The average Bonchev–Trinajstić information content (AvgIpc) is 3.00. The molecule has 0 aliphatic rings. The van der Waals surface area contributed by atoms with Crippen LogP contribution in [0.5, 0.6) is 5.75 Å². The quantitative estimate of drug-likeness (QED) is 0.538. The normalized spacial score (nSPS) is 10.7. The summed E-state index contributed by atoms with van der Waals surface area (Å²) in [5, 5.41) is 3.90. The van der Waals surface area contributed by atoms with Gasteiger partial charge in [0.25, 0.3) is 11.8 Å². The second-order valence-corrected chi connectivity index (χ2v) is 8.57. The largest absolute Gasteiger partial charge is 0.484 e. The Morgan fingerprint density at radius 2 is 1.73 bits per heavy atom. The number of anilines is 1. The smallest absolute Gasteiger partial charge is 0.262 e. The highest BCUT2D eigenvalue weighted by Crippen LogP contribution is 2.34. The van der Waals surface area contributed by atoms with Crippen molar-refractivity contribution < 1.29 is 14.3 Å². The van der Waals surface area contributed by atoms with Crippen LogP contribution in [0.25, 0.3) is 0 Å². The Labute approximate surface area is 184 Å². The van der Waals surface area contributed by atoms with E-state index >= 15 is 0 Å². The molecular weight excluding hydrogens is 420 g/mol. The molecule has 0 aliphatic carbocycles. The first-order chi connectivity index (χ1) is 14.3. The van der Waals surface area contributed by atoms with E-state index in [2.05, 4.69) is 5.32 Å². The molecule has 0 saturated heterocycles. The van der Waals surface area contributed by atoms with Gasteiger partial charge in [0.05, 0.1) is 5.56 Å². The van der Waals surface area contributed by atoms with Gasteiger partial charge < -0.3 is 15.8 Å². The zero-order valence-electron chi connectivity index (χ0n) is 17.0. The van der Waals surface area contributed by atoms with E-state index < -0.39 is 5.91 Å². The fourth-order valence-corrected chi connectivity index (χ4v) is 4.57. The predicted molar refractivity (Wildman–Crippen MR) is 122 cm³/mol. The lowest BCUT2D eigenvalue weighted by Crippen LogP contribution is -2.22. The molecule has 2 aromatic carbocycles. The third-order valence-electron chi connectivity index (χ3n) is 4.73. The van der Waals surface area contributed by atoms with Crippen LogP contribution in [-0.2, 0) is 11.2 Å². The number of hydrogen-bond acceptors (Lipinski definition) is 4. The number of nitrogens with two attached hydrogens (primary N) is 1. The molecule has 30 heavy (non-hydrogen) atoms. The second-order valence-electron chi connectivity index (χ2n) is 7.09. The Morgan fingerprint density at radius 3 is 2.33 bits per heavy atom. The zero-order valence-corrected chi connectivity index (χ0v) is 18.6. The van der Waals surface area contributed by atoms with Crippen molar-refractivity contribution in [2.24, 2.45) is 5.73 Å². The fourth-order valence-electron chi connectivity index (χ4n) is 3.20. The number of hydrogen-bond donors (Lipinski definition) is 2. The molecule has 0 unspecified atom stereocenters. The summed E-state index contributed by atoms with van der Waals surface area (Å²) < 4.78 is 5.61. The molecule has 3 rings (SSSR count). The highest BCUT2D eigenvalue weighted by molar-refractivity contribution is 7.17. The molecule has 0 spiro atoms. The molecule has 1 heterocycles. The van der Waals surface area contributed by atoms with Crippen molar-refractivity contribution in [3.8, 4) is 5.75 Å². The average molecular weight is 443 g/mol. The van der Waals surface area contributed by atoms with Gasteiger partial charge in [-0.3, -0.25) is 9.59 Å². The number of nitrogens with one attached hydrogen (secondary N) is 1. The fraction of sp³-hybridized carbons (Fsp3) is 0.217. The Bertz CT molecular complexity index is 1070. The van der Waals surface area contributed by atoms with Gasteiger partial charge in [0, 0.05) is 16.3 Å². The molecule has 7 heteroatoms. The lowest BCUT2D eigenvalue weighted by atomic mass is 10.1. The van der Waals surface area contributed by atoms with Crippen LogP contribution < -0.4 is 15.8 Å². The van der Waals surface area contributed by atoms with Crippen LogP contribution in [0.1, 0.15) is 37.5 Å². The topological polar surface area (TPSA) is 81.4 Å². The van der Waals surface area contributed by atoms with E-state index in [1.54, 1.807) is 12.1 Å². The third-order valence-corrected chi connectivity index (χ3v) is 6.54. The predicted octanol–water partition coefficient (Wildman–Crippen LogP) is 5.03. The van der Waals surface area contributed by atoms with Crippen molar-refractivity contribution in [1.82, 2.24) is 0 Å². The lowest BCUT2D eigenvalue weighted by Gasteiger charge is -2.10. The maximum Gasteiger partial charge on any atom is 0.262 e. The van der Waals surface area contributed by atoms with Gasteiger partial charge in [0.1, 0.15) is 10.8 Å². The summed E-state index contributed by atoms with van der Waals surface area (Å²) in [6.45, 7) is 5.41. The van der Waals surface area contributed by atoms with Crippen molar-refractivity contribution in [2.45, 2.75) is 27.2 Å². The van der Waals surface area contributed by atoms with E-state index in [0.29, 0.717) is 27.8 Å². The molecular formula is C23H23ClN2O3S. The summed E-state index contributed by atoms with van der Waals surface area (Å²) >= 11 is 7.52. The van der Waals surface area contributed by atoms with Gasteiger partial charge in [-0.2, -0.15) is 0 Å². The molecule has 3 aromatic rings. The van der Waals surface area contributed by atoms with Crippen LogP contribution in [0, 0.1) is 20.8 Å². The molecule has 156 valence electrons. The maximum absolute atomic E-state index is 12.5. The van der Waals surface area contributed by atoms with E-state index in [1.807, 2.05) is 51.1 Å². The number of ether oxygens (including phenoxy) is 1. The first-order valence-corrected chi connectivity index (χ1v) is 10.6. The molecule has 5 nitrogen and oxygen atoms in total. The minimum absolute atomic E-state index is 0.191. The molecule has 1 aromatic heterocycles. The van der Waals surface area contributed by atoms with E-state index in [0.717, 1.165) is 27.1 Å². The molecule has 0 atom stereocenters. The number of amides is 2. The SMILES string of the molecule is Cc1cc(OCC(=O)Nc2sc(Cc3ccccc3)c(C)c2C(N)=O)cc(C)c1Cl. The first kappa shape index (κ1) is 21.9. The van der Waals surface area contributed by atoms with Gasteiger partial charge in [-0.15, -0.1) is 11.3 Å². The molecule has 0 bridgehead atoms. The standard InChI is InChI=1S/C23H23ClN2O3S/c1-13-9-17(10-14(2)21(13)24)29-12-19(27)26-23-20(22(25)28)15(3)18(30-23)11-16-7-5-4-6-8-16/h4-10H,11-12H2,1-3H3,(H2,25,28)(H,26,27). The molecule has 0 radical (unpaired) electrons. The third kappa shape index (κ3) is 5.01. The van der Waals surface area contributed by atoms with E-state index in [4.69, 9.17) is 22.1 Å². The molecule has 0 aliphatic heterocycles. The van der Waals surface area contributed by atoms with Crippen molar-refractivity contribution in [3.63, 3.8) is 0 Å². The van der Waals surface area contributed by atoms with Crippen LogP contribution >= 0.6 is 22.9 Å². The van der Waals surface area contributed by atoms with Crippen molar-refractivity contribution in [2.75, 3.05) is 11.9 Å². The number of benzene rings is 2. The summed E-state index contributed by atoms with van der Waals surface area (Å²) in [5.74, 6) is -0.370. The Morgan fingerprint density at radius 1 is 1.10 bits per heavy atom. The molecule has 2 amide bonds. The summed E-state index contributed by atoms with van der Waals surface area (Å²) in [7, 11) is 0. The Kier molecular flexibility index (Phi) is 6.80. The maximum atomic E-state index is 12.5. The highest BCUT2D eigenvalue weighted by Gasteiger charge is 2.21. The van der Waals surface area contributed by atoms with Gasteiger partial charge in [0.2, 0.25) is 0 Å². The first-order valence-electron chi connectivity index (χ1n) is 9.41. The zero-order chi connectivity index (χ0) is 21.8. The number of halogens is 1. The minimum atomic E-state index is -0.566. The summed E-state index contributed by atoms with van der Waals surface area (Å²) in [4.78, 5) is 25.5. The van der Waals surface area contributed by atoms with Crippen LogP contribution in [0.15, 0.2) is 42.5 Å². The number of thiophene rings is 1. The van der Waals surface area contributed by atoms with E-state index in [-0.39, 0.29) is 12.5 Å². The van der Waals surface area contributed by atoms with Crippen molar-refractivity contribution >= 4 is 39.8 Å². The Balaban J connectivity index is 1.74. The van der Waals surface area contributed by atoms with E-state index in [1.165, 1.54) is 11.3 Å². The van der Waals surface area contributed by atoms with Crippen molar-refractivity contribution in [1.29, 1.82) is 0 Å². The summed E-state index contributed by atoms with van der Waals surface area (Å²) in [5.41, 5.74) is 9.59. The number of carbonyl (C=O) groups excluding carboxylic acids is 2. The summed E-state index contributed by atoms with van der Waals surface area (Å²) in [6, 6.07) is 13.5. The molecule has 0 fully saturated rings. The Hall–Kier alpha value is -2.83. The van der Waals surface area contributed by atoms with Gasteiger partial charge >= 0.3 is 0 Å². The molecule has 3 N–H and O–H groups in total. The van der Waals surface area contributed by atoms with Gasteiger partial charge in [-0.05, 0) is 55.2 Å². The van der Waals surface area contributed by atoms with Gasteiger partial charge in [0.15, 0.2) is 6.61 Å². The monoisotopic (exact) mass is 442 g/mol. The number of carbonyl (C=O) groups is 2. The van der Waals surface area contributed by atoms with Gasteiger partial charge in [-0.1, -0.05) is 41.9 Å². The lowest BCUT2D eigenvalue weighted by molar-refractivity contribution is -0.118. The van der Waals surface area contributed by atoms with Gasteiger partial charge in [-0.25, -0.2) is 0 Å². The highest BCUT2D eigenvalue weighted by atomic mass is 35.5. The molecule has 0 saturated carbocycles. The summed E-state index contributed by atoms with van der Waals surface area (Å²) in [6.07, 6.45) is 0.660. The number of rotatable bonds is 7. The van der Waals surface area contributed by atoms with Crippen molar-refractivity contribution in [3.05, 3.63) is 80.2 Å². The van der Waals surface area contributed by atoms with Crippen LogP contribution in [0.2, 0.25) is 5.02 Å². The number of primary amides is 1. The van der Waals surface area contributed by atoms with Crippen LogP contribution in [-0.4, -0.2) is 18.4 Å². The van der Waals surface area contributed by atoms with Crippen LogP contribution in [0.4, 0.5) is 5.00 Å². The number of aryl methyl sites for hydroxylation is 2. The minimum Gasteiger partial charge on any atom is -0.484 e. The second kappa shape index (κ2) is 9.32. The van der Waals surface area contributed by atoms with Crippen LogP contribution in [0.3, 0.4) is 0 Å². The van der Waals surface area contributed by atoms with E-state index in [9.17, 15) is 9.59 Å².